The van der Waals surface area contributed by atoms with E-state index in [0.29, 0.717) is 0 Å². The minimum absolute atomic E-state index is 0.00685. The molecule has 0 amide bonds. The summed E-state index contributed by atoms with van der Waals surface area (Å²) in [5.74, 6) is 0. The molecular formula is C13H22N2O. The second-order valence-corrected chi connectivity index (χ2v) is 5.25. The first-order chi connectivity index (χ1) is 7.45. The van der Waals surface area contributed by atoms with Gasteiger partial charge < -0.3 is 10.5 Å². The molecule has 2 atom stereocenters. The molecule has 0 fully saturated rings. The smallest absolute Gasteiger partial charge is 0.0773 e. The van der Waals surface area contributed by atoms with Gasteiger partial charge in [-0.3, -0.25) is 4.98 Å². The van der Waals surface area contributed by atoms with Crippen LogP contribution in [0.15, 0.2) is 24.5 Å². The Balaban J connectivity index is 2.67. The number of aromatic nitrogens is 1. The minimum Gasteiger partial charge on any atom is -0.379 e. The normalized spacial score (nSPS) is 15.8. The van der Waals surface area contributed by atoms with Crippen molar-refractivity contribution in [3.8, 4) is 0 Å². The van der Waals surface area contributed by atoms with Crippen LogP contribution in [0, 0.1) is 5.41 Å². The lowest BCUT2D eigenvalue weighted by atomic mass is 9.83. The lowest BCUT2D eigenvalue weighted by molar-refractivity contribution is -0.00165. The standard InChI is InChI=1S/C13H22N2O/c1-13(2,3)12(16-4)11(14)9-10-5-7-15-8-6-10/h5-8,11-12H,9,14H2,1-4H3. The monoisotopic (exact) mass is 222 g/mol. The number of nitrogens with two attached hydrogens (primary N) is 1. The molecule has 0 spiro atoms. The Kier molecular flexibility index (Phi) is 4.44. The molecular weight excluding hydrogens is 200 g/mol. The first kappa shape index (κ1) is 13.1. The summed E-state index contributed by atoms with van der Waals surface area (Å²) in [4.78, 5) is 3.99. The van der Waals surface area contributed by atoms with Crippen molar-refractivity contribution in [2.75, 3.05) is 7.11 Å². The van der Waals surface area contributed by atoms with E-state index in [-0.39, 0.29) is 17.6 Å². The van der Waals surface area contributed by atoms with Crippen molar-refractivity contribution in [2.24, 2.45) is 11.1 Å². The number of hydrogen-bond donors (Lipinski definition) is 1. The van der Waals surface area contributed by atoms with Crippen LogP contribution in [-0.4, -0.2) is 24.2 Å². The molecule has 0 aliphatic rings. The molecule has 1 aromatic heterocycles. The van der Waals surface area contributed by atoms with Gasteiger partial charge in [0.05, 0.1) is 6.10 Å². The van der Waals surface area contributed by atoms with Crippen LogP contribution in [0.1, 0.15) is 26.3 Å². The van der Waals surface area contributed by atoms with Crippen LogP contribution >= 0.6 is 0 Å². The first-order valence-electron chi connectivity index (χ1n) is 5.62. The summed E-state index contributed by atoms with van der Waals surface area (Å²) >= 11 is 0. The molecule has 3 heteroatoms. The summed E-state index contributed by atoms with van der Waals surface area (Å²) in [5, 5.41) is 0. The number of pyridine rings is 1. The number of methoxy groups -OCH3 is 1. The third-order valence-corrected chi connectivity index (χ3v) is 2.72. The van der Waals surface area contributed by atoms with Gasteiger partial charge >= 0.3 is 0 Å². The first-order valence-corrected chi connectivity index (χ1v) is 5.62. The number of ether oxygens (including phenoxy) is 1. The molecule has 0 aliphatic carbocycles. The van der Waals surface area contributed by atoms with Gasteiger partial charge in [0.1, 0.15) is 0 Å². The van der Waals surface area contributed by atoms with Crippen molar-refractivity contribution in [3.05, 3.63) is 30.1 Å². The van der Waals surface area contributed by atoms with E-state index in [1.54, 1.807) is 19.5 Å². The highest BCUT2D eigenvalue weighted by Gasteiger charge is 2.30. The number of hydrogen-bond acceptors (Lipinski definition) is 3. The van der Waals surface area contributed by atoms with Gasteiger partial charge in [0.2, 0.25) is 0 Å². The molecule has 0 saturated heterocycles. The van der Waals surface area contributed by atoms with Gasteiger partial charge in [-0.2, -0.15) is 0 Å². The maximum absolute atomic E-state index is 6.20. The number of rotatable bonds is 4. The maximum Gasteiger partial charge on any atom is 0.0773 e. The molecule has 0 radical (unpaired) electrons. The van der Waals surface area contributed by atoms with E-state index in [2.05, 4.69) is 25.8 Å². The van der Waals surface area contributed by atoms with E-state index in [1.807, 2.05) is 12.1 Å². The zero-order chi connectivity index (χ0) is 12.2. The highest BCUT2D eigenvalue weighted by molar-refractivity contribution is 5.12. The molecule has 3 nitrogen and oxygen atoms in total. The van der Waals surface area contributed by atoms with Crippen molar-refractivity contribution in [1.82, 2.24) is 4.98 Å². The van der Waals surface area contributed by atoms with Crippen LogP contribution in [0.4, 0.5) is 0 Å². The summed E-state index contributed by atoms with van der Waals surface area (Å²) in [6.45, 7) is 6.44. The van der Waals surface area contributed by atoms with Crippen LogP contribution in [0.2, 0.25) is 0 Å². The van der Waals surface area contributed by atoms with E-state index in [1.165, 1.54) is 5.56 Å². The van der Waals surface area contributed by atoms with Gasteiger partial charge in [0, 0.05) is 25.5 Å². The summed E-state index contributed by atoms with van der Waals surface area (Å²) < 4.78 is 5.51. The SMILES string of the molecule is COC(C(N)Cc1ccncc1)C(C)(C)C. The molecule has 0 aliphatic heterocycles. The Morgan fingerprint density at radius 2 is 1.88 bits per heavy atom. The van der Waals surface area contributed by atoms with Crippen LogP contribution in [0.3, 0.4) is 0 Å². The van der Waals surface area contributed by atoms with Gasteiger partial charge in [-0.25, -0.2) is 0 Å². The number of nitrogens with zero attached hydrogens (tertiary/aromatic N) is 1. The Bertz CT molecular complexity index is 305. The van der Waals surface area contributed by atoms with Gasteiger partial charge in [-0.15, -0.1) is 0 Å². The van der Waals surface area contributed by atoms with Crippen molar-refractivity contribution < 1.29 is 4.74 Å². The predicted octanol–water partition coefficient (Wildman–Crippen LogP) is 2.01. The highest BCUT2D eigenvalue weighted by atomic mass is 16.5. The molecule has 0 saturated carbocycles. The molecule has 0 bridgehead atoms. The van der Waals surface area contributed by atoms with Gasteiger partial charge in [-0.1, -0.05) is 20.8 Å². The quantitative estimate of drug-likeness (QED) is 0.847. The summed E-state index contributed by atoms with van der Waals surface area (Å²) in [6.07, 6.45) is 4.46. The zero-order valence-corrected chi connectivity index (χ0v) is 10.6. The van der Waals surface area contributed by atoms with Gasteiger partial charge in [-0.05, 0) is 29.5 Å². The van der Waals surface area contributed by atoms with Crippen LogP contribution in [0.25, 0.3) is 0 Å². The molecule has 16 heavy (non-hydrogen) atoms. The Labute approximate surface area is 98.0 Å². The third kappa shape index (κ3) is 3.58. The fraction of sp³-hybridized carbons (Fsp3) is 0.615. The van der Waals surface area contributed by atoms with Crippen LogP contribution in [0.5, 0.6) is 0 Å². The van der Waals surface area contributed by atoms with Crippen molar-refractivity contribution >= 4 is 0 Å². The van der Waals surface area contributed by atoms with E-state index >= 15 is 0 Å². The zero-order valence-electron chi connectivity index (χ0n) is 10.6. The second kappa shape index (κ2) is 5.41. The fourth-order valence-electron chi connectivity index (χ4n) is 2.07. The molecule has 0 aromatic carbocycles. The largest absolute Gasteiger partial charge is 0.379 e. The third-order valence-electron chi connectivity index (χ3n) is 2.72. The average molecular weight is 222 g/mol. The van der Waals surface area contributed by atoms with Crippen molar-refractivity contribution in [2.45, 2.75) is 39.3 Å². The Morgan fingerprint density at radius 1 is 1.31 bits per heavy atom. The summed E-state index contributed by atoms with van der Waals surface area (Å²) in [6, 6.07) is 4.00. The van der Waals surface area contributed by atoms with Gasteiger partial charge in [0.15, 0.2) is 0 Å². The average Bonchev–Trinajstić information content (AvgIpc) is 2.17. The maximum atomic E-state index is 6.20. The fourth-order valence-corrected chi connectivity index (χ4v) is 2.07. The molecule has 2 N–H and O–H groups in total. The Morgan fingerprint density at radius 3 is 2.31 bits per heavy atom. The molecule has 1 aromatic rings. The lowest BCUT2D eigenvalue weighted by Gasteiger charge is -2.34. The molecule has 90 valence electrons. The lowest BCUT2D eigenvalue weighted by Crippen LogP contribution is -2.46. The van der Waals surface area contributed by atoms with Gasteiger partial charge in [0.25, 0.3) is 0 Å². The van der Waals surface area contributed by atoms with Crippen LogP contribution in [-0.2, 0) is 11.2 Å². The van der Waals surface area contributed by atoms with Crippen molar-refractivity contribution in [1.29, 1.82) is 0 Å². The van der Waals surface area contributed by atoms with E-state index in [9.17, 15) is 0 Å². The van der Waals surface area contributed by atoms with E-state index in [4.69, 9.17) is 10.5 Å². The van der Waals surface area contributed by atoms with Crippen molar-refractivity contribution in [3.63, 3.8) is 0 Å². The van der Waals surface area contributed by atoms with E-state index in [0.717, 1.165) is 6.42 Å². The summed E-state index contributed by atoms with van der Waals surface area (Å²) in [7, 11) is 1.72. The highest BCUT2D eigenvalue weighted by Crippen LogP contribution is 2.25. The topological polar surface area (TPSA) is 48.1 Å². The molecule has 1 heterocycles. The minimum atomic E-state index is 0.00685. The van der Waals surface area contributed by atoms with E-state index < -0.39 is 0 Å². The molecule has 2 unspecified atom stereocenters. The summed E-state index contributed by atoms with van der Waals surface area (Å²) in [5.41, 5.74) is 7.46. The second-order valence-electron chi connectivity index (χ2n) is 5.25. The predicted molar refractivity (Wildman–Crippen MR) is 66.2 cm³/mol. The van der Waals surface area contributed by atoms with Crippen LogP contribution < -0.4 is 5.73 Å². The Hall–Kier alpha value is -0.930. The molecule has 1 rings (SSSR count).